The van der Waals surface area contributed by atoms with Crippen molar-refractivity contribution in [3.63, 3.8) is 0 Å². The molecule has 5 rings (SSSR count). The van der Waals surface area contributed by atoms with Crippen molar-refractivity contribution in [3.8, 4) is 0 Å². The Bertz CT molecular complexity index is 1100. The fourth-order valence-electron chi connectivity index (χ4n) is 5.39. The van der Waals surface area contributed by atoms with Gasteiger partial charge in [-0.05, 0) is 86.7 Å². The Morgan fingerprint density at radius 1 is 1.13 bits per heavy atom. The normalized spacial score (nSPS) is 15.6. The largest absolute Gasteiger partial charge is 0.379 e. The predicted molar refractivity (Wildman–Crippen MR) is 163 cm³/mol. The van der Waals surface area contributed by atoms with Crippen LogP contribution in [-0.2, 0) is 27.8 Å². The molecule has 2 aliphatic rings. The molecule has 1 aromatic heterocycles. The highest BCUT2D eigenvalue weighted by Crippen LogP contribution is 2.46. The lowest BCUT2D eigenvalue weighted by Gasteiger charge is -2.41. The highest BCUT2D eigenvalue weighted by molar-refractivity contribution is 5.83. The minimum atomic E-state index is -0.288. The van der Waals surface area contributed by atoms with E-state index in [9.17, 15) is 9.90 Å². The van der Waals surface area contributed by atoms with Gasteiger partial charge in [0, 0.05) is 44.3 Å². The maximum Gasteiger partial charge on any atom is 0.209 e. The van der Waals surface area contributed by atoms with Gasteiger partial charge in [0.1, 0.15) is 13.0 Å². The smallest absolute Gasteiger partial charge is 0.209 e. The molecule has 0 radical (unpaired) electrons. The third-order valence-electron chi connectivity index (χ3n) is 7.40. The van der Waals surface area contributed by atoms with Crippen LogP contribution in [0.2, 0.25) is 0 Å². The number of nitrogens with zero attached hydrogens (tertiary/aromatic N) is 2. The van der Waals surface area contributed by atoms with Gasteiger partial charge in [0.05, 0.1) is 0 Å². The van der Waals surface area contributed by atoms with Gasteiger partial charge in [-0.2, -0.15) is 0 Å². The van der Waals surface area contributed by atoms with Gasteiger partial charge in [-0.25, -0.2) is 0 Å². The number of benzene rings is 2. The van der Waals surface area contributed by atoms with Gasteiger partial charge in [-0.3, -0.25) is 9.69 Å². The van der Waals surface area contributed by atoms with Crippen LogP contribution in [0.25, 0.3) is 10.9 Å². The second-order valence-corrected chi connectivity index (χ2v) is 10.3. The highest BCUT2D eigenvalue weighted by atomic mass is 16.3. The minimum absolute atomic E-state index is 0.288. The molecule has 7 heteroatoms. The molecule has 0 saturated carbocycles. The molecule has 1 spiro atoms. The SMILES string of the molecule is C=O.CC(O)N1CCC2(CCc3ccccc32)CC1.CCCc1c[nH]c2cc(C)ccc12.CN.CN(C)C=O. The van der Waals surface area contributed by atoms with Crippen molar-refractivity contribution in [3.05, 3.63) is 70.9 Å². The zero-order chi connectivity index (χ0) is 29.4. The lowest BCUT2D eigenvalue weighted by atomic mass is 9.74. The Morgan fingerprint density at radius 3 is 2.31 bits per heavy atom. The van der Waals surface area contributed by atoms with Crippen LogP contribution < -0.4 is 5.73 Å². The number of likely N-dealkylation sites (tertiary alicyclic amines) is 1. The molecule has 1 saturated heterocycles. The van der Waals surface area contributed by atoms with E-state index in [1.54, 1.807) is 25.2 Å². The van der Waals surface area contributed by atoms with Gasteiger partial charge in [-0.1, -0.05) is 49.7 Å². The Balaban J connectivity index is 0.000000307. The van der Waals surface area contributed by atoms with Crippen LogP contribution >= 0.6 is 0 Å². The quantitative estimate of drug-likeness (QED) is 0.413. The van der Waals surface area contributed by atoms with Crippen molar-refractivity contribution in [2.24, 2.45) is 5.73 Å². The fraction of sp³-hybridized carbons (Fsp3) is 0.500. The minimum Gasteiger partial charge on any atom is -0.379 e. The van der Waals surface area contributed by atoms with Crippen LogP contribution in [0, 0.1) is 6.92 Å². The third-order valence-corrected chi connectivity index (χ3v) is 7.40. The molecule has 1 unspecified atom stereocenters. The van der Waals surface area contributed by atoms with E-state index in [4.69, 9.17) is 4.79 Å². The molecule has 3 aromatic rings. The number of piperidine rings is 1. The van der Waals surface area contributed by atoms with Crippen molar-refractivity contribution < 1.29 is 14.7 Å². The first-order chi connectivity index (χ1) is 18.8. The number of hydrogen-bond acceptors (Lipinski definition) is 5. The second-order valence-electron chi connectivity index (χ2n) is 10.3. The lowest BCUT2D eigenvalue weighted by molar-refractivity contribution is -0.115. The highest BCUT2D eigenvalue weighted by Gasteiger charge is 2.41. The van der Waals surface area contributed by atoms with Crippen molar-refractivity contribution in [2.45, 2.75) is 70.9 Å². The number of hydrogen-bond donors (Lipinski definition) is 3. The summed E-state index contributed by atoms with van der Waals surface area (Å²) in [5, 5.41) is 11.0. The molecule has 2 heterocycles. The van der Waals surface area contributed by atoms with Gasteiger partial charge in [0.15, 0.2) is 0 Å². The topological polar surface area (TPSA) is 103 Å². The van der Waals surface area contributed by atoms with Gasteiger partial charge in [-0.15, -0.1) is 0 Å². The standard InChI is InChI=1S/C15H21NO.C12H15N.C3H7NO.CH5N.CH2O/c1-12(17)16-10-8-15(9-11-16)7-6-13-4-2-3-5-14(13)15;1-3-4-10-8-13-12-7-9(2)5-6-11(10)12;1-4(2)3-5;2*1-2/h2-5,12,17H,6-11H2,1H3;5-8,13H,3-4H2,1-2H3;3H,1-2H3;2H2,1H3;1H2. The van der Waals surface area contributed by atoms with E-state index in [1.165, 1.54) is 72.5 Å². The molecule has 39 heavy (non-hydrogen) atoms. The molecular formula is C32H50N4O3. The van der Waals surface area contributed by atoms with Crippen LogP contribution in [-0.4, -0.2) is 73.5 Å². The number of H-pyrrole nitrogens is 1. The van der Waals surface area contributed by atoms with E-state index in [0.29, 0.717) is 5.41 Å². The van der Waals surface area contributed by atoms with Crippen LogP contribution in [0.1, 0.15) is 61.8 Å². The third kappa shape index (κ3) is 9.60. The summed E-state index contributed by atoms with van der Waals surface area (Å²) in [6.45, 7) is 10.3. The first-order valence-corrected chi connectivity index (χ1v) is 13.8. The van der Waals surface area contributed by atoms with Crippen molar-refractivity contribution in [1.29, 1.82) is 0 Å². The zero-order valence-corrected chi connectivity index (χ0v) is 24.9. The number of rotatable bonds is 4. The number of aromatic amines is 1. The lowest BCUT2D eigenvalue weighted by Crippen LogP contribution is -2.45. The van der Waals surface area contributed by atoms with E-state index in [2.05, 4.69) is 78.1 Å². The Hall–Kier alpha value is -3.00. The monoisotopic (exact) mass is 538 g/mol. The Labute approximate surface area is 235 Å². The number of nitrogens with one attached hydrogen (secondary N) is 1. The van der Waals surface area contributed by atoms with Crippen LogP contribution in [0.5, 0.6) is 0 Å². The van der Waals surface area contributed by atoms with E-state index >= 15 is 0 Å². The van der Waals surface area contributed by atoms with Crippen LogP contribution in [0.3, 0.4) is 0 Å². The predicted octanol–water partition coefficient (Wildman–Crippen LogP) is 4.83. The average Bonchev–Trinajstić information content (AvgIpc) is 3.53. The van der Waals surface area contributed by atoms with Gasteiger partial charge < -0.3 is 25.5 Å². The maximum atomic E-state index is 9.63. The molecule has 7 nitrogen and oxygen atoms in total. The fourth-order valence-corrected chi connectivity index (χ4v) is 5.39. The molecular weight excluding hydrogens is 488 g/mol. The number of carbonyl (C=O) groups excluding carboxylic acids is 2. The van der Waals surface area contributed by atoms with Crippen LogP contribution in [0.15, 0.2) is 48.7 Å². The van der Waals surface area contributed by atoms with Crippen LogP contribution in [0.4, 0.5) is 0 Å². The summed E-state index contributed by atoms with van der Waals surface area (Å²) in [6.07, 6.45) is 9.93. The number of aryl methyl sites for hydroxylation is 3. The zero-order valence-electron chi connectivity index (χ0n) is 24.9. The summed E-state index contributed by atoms with van der Waals surface area (Å²) < 4.78 is 0. The molecule has 1 amide bonds. The summed E-state index contributed by atoms with van der Waals surface area (Å²) in [4.78, 5) is 24.4. The Morgan fingerprint density at radius 2 is 1.74 bits per heavy atom. The summed E-state index contributed by atoms with van der Waals surface area (Å²) >= 11 is 0. The summed E-state index contributed by atoms with van der Waals surface area (Å²) in [7, 11) is 4.88. The summed E-state index contributed by atoms with van der Waals surface area (Å²) in [5.74, 6) is 0. The molecule has 216 valence electrons. The number of carbonyl (C=O) groups is 2. The Kier molecular flexibility index (Phi) is 15.3. The first-order valence-electron chi connectivity index (χ1n) is 13.8. The summed E-state index contributed by atoms with van der Waals surface area (Å²) in [5.41, 5.74) is 12.1. The van der Waals surface area contributed by atoms with E-state index < -0.39 is 0 Å². The summed E-state index contributed by atoms with van der Waals surface area (Å²) in [6, 6.07) is 15.5. The molecule has 0 bridgehead atoms. The second kappa shape index (κ2) is 17.6. The molecule has 4 N–H and O–H groups in total. The van der Waals surface area contributed by atoms with Gasteiger partial charge in [0.2, 0.25) is 6.41 Å². The van der Waals surface area contributed by atoms with E-state index in [1.807, 2.05) is 13.7 Å². The van der Waals surface area contributed by atoms with Gasteiger partial charge >= 0.3 is 0 Å². The maximum absolute atomic E-state index is 9.63. The number of aliphatic hydroxyl groups excluding tert-OH is 1. The molecule has 1 aliphatic heterocycles. The number of aliphatic hydroxyl groups is 1. The van der Waals surface area contributed by atoms with Crippen molar-refractivity contribution in [2.75, 3.05) is 34.2 Å². The number of nitrogens with two attached hydrogens (primary N) is 1. The number of amides is 1. The first kappa shape index (κ1) is 34.0. The van der Waals surface area contributed by atoms with Gasteiger partial charge in [0.25, 0.3) is 0 Å². The molecule has 2 aromatic carbocycles. The van der Waals surface area contributed by atoms with E-state index in [-0.39, 0.29) is 6.23 Å². The average molecular weight is 539 g/mol. The molecule has 1 fully saturated rings. The van der Waals surface area contributed by atoms with E-state index in [0.717, 1.165) is 19.5 Å². The molecule has 1 aliphatic carbocycles. The molecule has 1 atom stereocenters. The number of aromatic nitrogens is 1. The van der Waals surface area contributed by atoms with Crippen molar-refractivity contribution >= 4 is 24.1 Å². The number of fused-ring (bicyclic) bond motifs is 3. The van der Waals surface area contributed by atoms with Crippen molar-refractivity contribution in [1.82, 2.24) is 14.8 Å².